The molecule has 2 N–H and O–H groups in total. The number of carbonyl (C=O) groups is 1. The van der Waals surface area contributed by atoms with Gasteiger partial charge in [0.1, 0.15) is 5.75 Å². The van der Waals surface area contributed by atoms with Crippen molar-refractivity contribution in [3.63, 3.8) is 0 Å². The highest BCUT2D eigenvalue weighted by Gasteiger charge is 2.11. The molecule has 3 aromatic rings. The quantitative estimate of drug-likeness (QED) is 0.511. The van der Waals surface area contributed by atoms with E-state index in [1.807, 2.05) is 18.2 Å². The van der Waals surface area contributed by atoms with Gasteiger partial charge in [0.2, 0.25) is 0 Å². The van der Waals surface area contributed by atoms with Crippen molar-refractivity contribution >= 4 is 17.7 Å². The Hall–Kier alpha value is -3.06. The number of rotatable bonds is 6. The standard InChI is InChI=1S/C19H16N2O4S/c1-25-14-7-4-6-12(9-14)16-10-17(22)21-19(20-16)26-11-13-5-2-3-8-15(13)18(23)24/h2-10H,11H2,1H3,(H,23,24)(H,20,21,22). The molecule has 0 unspecified atom stereocenters. The number of methoxy groups -OCH3 is 1. The van der Waals surface area contributed by atoms with E-state index in [2.05, 4.69) is 9.97 Å². The topological polar surface area (TPSA) is 92.3 Å². The summed E-state index contributed by atoms with van der Waals surface area (Å²) >= 11 is 1.28. The number of H-pyrrole nitrogens is 1. The molecule has 0 fully saturated rings. The zero-order valence-electron chi connectivity index (χ0n) is 13.9. The van der Waals surface area contributed by atoms with E-state index in [-0.39, 0.29) is 11.1 Å². The zero-order valence-corrected chi connectivity index (χ0v) is 14.7. The van der Waals surface area contributed by atoms with Crippen LogP contribution in [0.5, 0.6) is 5.75 Å². The number of carboxylic acids is 1. The molecule has 3 rings (SSSR count). The van der Waals surface area contributed by atoms with Crippen LogP contribution in [-0.4, -0.2) is 28.2 Å². The second kappa shape index (κ2) is 7.88. The maximum absolute atomic E-state index is 12.0. The first kappa shape index (κ1) is 17.8. The number of nitrogens with zero attached hydrogens (tertiary/aromatic N) is 1. The molecule has 0 aliphatic carbocycles. The van der Waals surface area contributed by atoms with Crippen molar-refractivity contribution in [2.45, 2.75) is 10.9 Å². The first-order valence-corrected chi connectivity index (χ1v) is 8.75. The van der Waals surface area contributed by atoms with Crippen LogP contribution in [0.25, 0.3) is 11.3 Å². The van der Waals surface area contributed by atoms with Crippen molar-refractivity contribution in [1.29, 1.82) is 0 Å². The highest BCUT2D eigenvalue weighted by molar-refractivity contribution is 7.98. The monoisotopic (exact) mass is 368 g/mol. The van der Waals surface area contributed by atoms with Gasteiger partial charge in [0.05, 0.1) is 18.4 Å². The Morgan fingerprint density at radius 1 is 1.19 bits per heavy atom. The number of hydrogen-bond acceptors (Lipinski definition) is 5. The summed E-state index contributed by atoms with van der Waals surface area (Å²) in [6.07, 6.45) is 0. The summed E-state index contributed by atoms with van der Waals surface area (Å²) < 4.78 is 5.20. The normalized spacial score (nSPS) is 10.5. The molecule has 0 bridgehead atoms. The van der Waals surface area contributed by atoms with Gasteiger partial charge >= 0.3 is 5.97 Å². The summed E-state index contributed by atoms with van der Waals surface area (Å²) in [5, 5.41) is 9.68. The summed E-state index contributed by atoms with van der Waals surface area (Å²) in [6.45, 7) is 0. The Kier molecular flexibility index (Phi) is 5.38. The zero-order chi connectivity index (χ0) is 18.5. The molecule has 26 heavy (non-hydrogen) atoms. The summed E-state index contributed by atoms with van der Waals surface area (Å²) in [7, 11) is 1.57. The fourth-order valence-corrected chi connectivity index (χ4v) is 3.31. The maximum atomic E-state index is 12.0. The van der Waals surface area contributed by atoms with Crippen molar-refractivity contribution in [2.75, 3.05) is 7.11 Å². The van der Waals surface area contributed by atoms with Crippen LogP contribution in [0.15, 0.2) is 64.5 Å². The van der Waals surface area contributed by atoms with Gasteiger partial charge in [-0.1, -0.05) is 42.1 Å². The van der Waals surface area contributed by atoms with Crippen LogP contribution in [0.2, 0.25) is 0 Å². The van der Waals surface area contributed by atoms with Crippen LogP contribution in [0.1, 0.15) is 15.9 Å². The van der Waals surface area contributed by atoms with E-state index in [0.29, 0.717) is 27.9 Å². The number of ether oxygens (including phenoxy) is 1. The van der Waals surface area contributed by atoms with Gasteiger partial charge in [-0.2, -0.15) is 0 Å². The van der Waals surface area contributed by atoms with Gasteiger partial charge < -0.3 is 14.8 Å². The lowest BCUT2D eigenvalue weighted by molar-refractivity contribution is 0.0696. The minimum atomic E-state index is -0.979. The molecule has 0 saturated carbocycles. The van der Waals surface area contributed by atoms with Crippen LogP contribution >= 0.6 is 11.8 Å². The number of hydrogen-bond donors (Lipinski definition) is 2. The Balaban J connectivity index is 1.87. The van der Waals surface area contributed by atoms with E-state index in [0.717, 1.165) is 5.56 Å². The molecule has 132 valence electrons. The van der Waals surface area contributed by atoms with Gasteiger partial charge in [-0.25, -0.2) is 9.78 Å². The number of carboxylic acid groups (broad SMARTS) is 1. The second-order valence-electron chi connectivity index (χ2n) is 5.42. The number of aromatic nitrogens is 2. The highest BCUT2D eigenvalue weighted by Crippen LogP contribution is 2.25. The third-order valence-electron chi connectivity index (χ3n) is 3.70. The molecular formula is C19H16N2O4S. The highest BCUT2D eigenvalue weighted by atomic mass is 32.2. The predicted molar refractivity (Wildman–Crippen MR) is 99.8 cm³/mol. The van der Waals surface area contributed by atoms with Gasteiger partial charge in [0.15, 0.2) is 5.16 Å². The molecule has 0 aliphatic rings. The lowest BCUT2D eigenvalue weighted by Crippen LogP contribution is -2.08. The Labute approximate surface area is 153 Å². The van der Waals surface area contributed by atoms with Crippen molar-refractivity contribution < 1.29 is 14.6 Å². The number of thioether (sulfide) groups is 1. The predicted octanol–water partition coefficient (Wildman–Crippen LogP) is 3.44. The second-order valence-corrected chi connectivity index (χ2v) is 6.38. The summed E-state index contributed by atoms with van der Waals surface area (Å²) in [6, 6.07) is 15.5. The molecule has 7 heteroatoms. The van der Waals surface area contributed by atoms with E-state index >= 15 is 0 Å². The molecule has 2 aromatic carbocycles. The van der Waals surface area contributed by atoms with Gasteiger partial charge in [0.25, 0.3) is 5.56 Å². The van der Waals surface area contributed by atoms with E-state index in [1.54, 1.807) is 37.4 Å². The van der Waals surface area contributed by atoms with Crippen molar-refractivity contribution in [1.82, 2.24) is 9.97 Å². The molecule has 0 spiro atoms. The lowest BCUT2D eigenvalue weighted by Gasteiger charge is -2.07. The average molecular weight is 368 g/mol. The molecule has 0 saturated heterocycles. The minimum Gasteiger partial charge on any atom is -0.497 e. The van der Waals surface area contributed by atoms with Gasteiger partial charge in [-0.15, -0.1) is 0 Å². The Morgan fingerprint density at radius 2 is 2.00 bits per heavy atom. The SMILES string of the molecule is COc1cccc(-c2cc(=O)[nH]c(SCc3ccccc3C(=O)O)n2)c1. The van der Waals surface area contributed by atoms with Gasteiger partial charge in [0, 0.05) is 17.4 Å². The third-order valence-corrected chi connectivity index (χ3v) is 4.62. The van der Waals surface area contributed by atoms with E-state index in [1.165, 1.54) is 17.8 Å². The molecule has 0 radical (unpaired) electrons. The first-order chi connectivity index (χ1) is 12.6. The molecule has 1 heterocycles. The van der Waals surface area contributed by atoms with Crippen LogP contribution in [0.4, 0.5) is 0 Å². The Bertz CT molecular complexity index is 1000. The van der Waals surface area contributed by atoms with Crippen molar-refractivity contribution in [3.8, 4) is 17.0 Å². The smallest absolute Gasteiger partial charge is 0.335 e. The minimum absolute atomic E-state index is 0.242. The third kappa shape index (κ3) is 4.12. The molecule has 0 atom stereocenters. The molecular weight excluding hydrogens is 352 g/mol. The molecule has 6 nitrogen and oxygen atoms in total. The largest absolute Gasteiger partial charge is 0.497 e. The summed E-state index contributed by atoms with van der Waals surface area (Å²) in [5.74, 6) is 0.0782. The summed E-state index contributed by atoms with van der Waals surface area (Å²) in [4.78, 5) is 30.4. The summed E-state index contributed by atoms with van der Waals surface area (Å²) in [5.41, 5.74) is 1.93. The molecule has 0 aliphatic heterocycles. The van der Waals surface area contributed by atoms with Crippen molar-refractivity contribution in [2.24, 2.45) is 0 Å². The average Bonchev–Trinajstić information content (AvgIpc) is 2.66. The lowest BCUT2D eigenvalue weighted by atomic mass is 10.1. The van der Waals surface area contributed by atoms with Crippen LogP contribution in [0.3, 0.4) is 0 Å². The van der Waals surface area contributed by atoms with E-state index in [9.17, 15) is 14.7 Å². The number of benzene rings is 2. The van der Waals surface area contributed by atoms with E-state index < -0.39 is 5.97 Å². The van der Waals surface area contributed by atoms with E-state index in [4.69, 9.17) is 4.74 Å². The van der Waals surface area contributed by atoms with Gasteiger partial charge in [-0.05, 0) is 23.8 Å². The van der Waals surface area contributed by atoms with Crippen molar-refractivity contribution in [3.05, 3.63) is 76.1 Å². The maximum Gasteiger partial charge on any atom is 0.335 e. The first-order valence-electron chi connectivity index (χ1n) is 7.76. The van der Waals surface area contributed by atoms with Crippen LogP contribution in [0, 0.1) is 0 Å². The molecule has 0 amide bonds. The molecule has 1 aromatic heterocycles. The number of nitrogens with one attached hydrogen (secondary N) is 1. The van der Waals surface area contributed by atoms with Crippen LogP contribution in [-0.2, 0) is 5.75 Å². The number of aromatic amines is 1. The van der Waals surface area contributed by atoms with Crippen LogP contribution < -0.4 is 10.3 Å². The Morgan fingerprint density at radius 3 is 2.77 bits per heavy atom. The van der Waals surface area contributed by atoms with Gasteiger partial charge in [-0.3, -0.25) is 4.79 Å². The number of aromatic carboxylic acids is 1. The fraction of sp³-hybridized carbons (Fsp3) is 0.105. The fourth-order valence-electron chi connectivity index (χ4n) is 2.43.